The van der Waals surface area contributed by atoms with Crippen molar-refractivity contribution in [3.8, 4) is 5.75 Å². The fourth-order valence-corrected chi connectivity index (χ4v) is 3.97. The zero-order valence-corrected chi connectivity index (χ0v) is 21.6. The third kappa shape index (κ3) is 7.65. The number of unbranched alkanes of at least 4 members (excludes halogenated alkanes) is 3. The molecule has 2 N–H and O–H groups in total. The van der Waals surface area contributed by atoms with Gasteiger partial charge in [-0.25, -0.2) is 0 Å². The van der Waals surface area contributed by atoms with E-state index in [1.165, 1.54) is 6.42 Å². The van der Waals surface area contributed by atoms with Crippen molar-refractivity contribution < 1.29 is 14.3 Å². The Morgan fingerprint density at radius 3 is 2.39 bits per heavy atom. The van der Waals surface area contributed by atoms with Gasteiger partial charge in [0.2, 0.25) is 0 Å². The zero-order chi connectivity index (χ0) is 25.8. The summed E-state index contributed by atoms with van der Waals surface area (Å²) in [6.07, 6.45) is 4.37. The Morgan fingerprint density at radius 2 is 1.64 bits per heavy atom. The van der Waals surface area contributed by atoms with Crippen LogP contribution in [-0.4, -0.2) is 30.1 Å². The summed E-state index contributed by atoms with van der Waals surface area (Å²) in [6.45, 7) is 5.20. The van der Waals surface area contributed by atoms with Crippen LogP contribution in [-0.2, 0) is 0 Å². The summed E-state index contributed by atoms with van der Waals surface area (Å²) in [5.41, 5.74) is 2.37. The van der Waals surface area contributed by atoms with E-state index in [1.807, 2.05) is 43.3 Å². The zero-order valence-electron chi connectivity index (χ0n) is 20.8. The van der Waals surface area contributed by atoms with Gasteiger partial charge in [-0.15, -0.1) is 0 Å². The van der Waals surface area contributed by atoms with Gasteiger partial charge in [-0.05, 0) is 68.0 Å². The summed E-state index contributed by atoms with van der Waals surface area (Å²) in [7, 11) is 0. The average Bonchev–Trinajstić information content (AvgIpc) is 2.90. The van der Waals surface area contributed by atoms with E-state index in [4.69, 9.17) is 17.0 Å². The van der Waals surface area contributed by atoms with Crippen LogP contribution in [0.5, 0.6) is 5.75 Å². The van der Waals surface area contributed by atoms with Crippen LogP contribution in [0.4, 0.5) is 11.4 Å². The number of benzene rings is 3. The second kappa shape index (κ2) is 14.0. The maximum Gasteiger partial charge on any atom is 0.261 e. The molecule has 188 valence electrons. The number of nitrogens with zero attached hydrogens (tertiary/aromatic N) is 1. The average molecular weight is 504 g/mol. The van der Waals surface area contributed by atoms with Crippen molar-refractivity contribution in [2.24, 2.45) is 0 Å². The molecule has 3 rings (SSSR count). The summed E-state index contributed by atoms with van der Waals surface area (Å²) in [6, 6.07) is 23.7. The van der Waals surface area contributed by atoms with E-state index in [0.29, 0.717) is 35.7 Å². The molecule has 2 amide bonds. The minimum Gasteiger partial charge on any atom is -0.493 e. The molecule has 0 fully saturated rings. The first-order chi connectivity index (χ1) is 17.5. The van der Waals surface area contributed by atoms with E-state index in [9.17, 15) is 9.59 Å². The first kappa shape index (κ1) is 26.9. The minimum atomic E-state index is -0.356. The summed E-state index contributed by atoms with van der Waals surface area (Å²) >= 11 is 5.37. The molecule has 3 aromatic carbocycles. The van der Waals surface area contributed by atoms with Gasteiger partial charge in [-0.1, -0.05) is 62.6 Å². The van der Waals surface area contributed by atoms with Crippen molar-refractivity contribution >= 4 is 40.5 Å². The Balaban J connectivity index is 1.62. The number of carbonyl (C=O) groups excluding carboxylic acids is 2. The number of hydrogen-bond acceptors (Lipinski definition) is 4. The molecule has 36 heavy (non-hydrogen) atoms. The molecule has 0 unspecified atom stereocenters. The molecular weight excluding hydrogens is 470 g/mol. The van der Waals surface area contributed by atoms with E-state index in [0.717, 1.165) is 24.9 Å². The van der Waals surface area contributed by atoms with Crippen LogP contribution in [0.1, 0.15) is 60.2 Å². The number of ether oxygens (including phenoxy) is 1. The topological polar surface area (TPSA) is 70.7 Å². The Hall–Kier alpha value is -3.71. The second-order valence-corrected chi connectivity index (χ2v) is 8.69. The standard InChI is InChI=1S/C29H33N3O3S/c1-3-5-6-12-20-35-26-19-11-10-18-25(26)27(33)31-29(36)30-23-15-13-14-22(21-23)28(34)32(4-2)24-16-8-7-9-17-24/h7-11,13-19,21H,3-6,12,20H2,1-2H3,(H2,30,31,33,36). The van der Waals surface area contributed by atoms with Crippen molar-refractivity contribution in [1.29, 1.82) is 0 Å². The summed E-state index contributed by atoms with van der Waals surface area (Å²) in [4.78, 5) is 27.7. The van der Waals surface area contributed by atoms with E-state index in [2.05, 4.69) is 17.6 Å². The molecule has 0 saturated carbocycles. The summed E-state index contributed by atoms with van der Waals surface area (Å²) < 4.78 is 5.85. The molecule has 3 aromatic rings. The van der Waals surface area contributed by atoms with Crippen LogP contribution in [0.3, 0.4) is 0 Å². The number of hydrogen-bond donors (Lipinski definition) is 2. The number of thiocarbonyl (C=S) groups is 1. The van der Waals surface area contributed by atoms with Crippen LogP contribution in [0.15, 0.2) is 78.9 Å². The van der Waals surface area contributed by atoms with Crippen LogP contribution in [0, 0.1) is 0 Å². The molecule has 0 heterocycles. The number of anilines is 2. The predicted molar refractivity (Wildman–Crippen MR) is 150 cm³/mol. The molecule has 0 radical (unpaired) electrons. The fraction of sp³-hybridized carbons (Fsp3) is 0.276. The third-order valence-electron chi connectivity index (χ3n) is 5.61. The highest BCUT2D eigenvalue weighted by atomic mass is 32.1. The molecule has 0 aliphatic carbocycles. The molecule has 0 aliphatic heterocycles. The number of para-hydroxylation sites is 2. The molecule has 0 saturated heterocycles. The van der Waals surface area contributed by atoms with Crippen LogP contribution in [0.25, 0.3) is 0 Å². The van der Waals surface area contributed by atoms with E-state index < -0.39 is 0 Å². The fourth-order valence-electron chi connectivity index (χ4n) is 3.76. The van der Waals surface area contributed by atoms with E-state index >= 15 is 0 Å². The van der Waals surface area contributed by atoms with Crippen LogP contribution < -0.4 is 20.3 Å². The van der Waals surface area contributed by atoms with Crippen molar-refractivity contribution in [2.75, 3.05) is 23.4 Å². The van der Waals surface area contributed by atoms with Crippen molar-refractivity contribution in [1.82, 2.24) is 5.32 Å². The Kier molecular flexibility index (Phi) is 10.5. The predicted octanol–water partition coefficient (Wildman–Crippen LogP) is 6.44. The molecule has 0 aromatic heterocycles. The Bertz CT molecular complexity index is 1170. The van der Waals surface area contributed by atoms with Gasteiger partial charge in [0, 0.05) is 23.5 Å². The van der Waals surface area contributed by atoms with Gasteiger partial charge in [0.15, 0.2) is 5.11 Å². The van der Waals surface area contributed by atoms with Gasteiger partial charge in [0.25, 0.3) is 11.8 Å². The number of rotatable bonds is 11. The smallest absolute Gasteiger partial charge is 0.261 e. The number of carbonyl (C=O) groups is 2. The molecule has 6 nitrogen and oxygen atoms in total. The van der Waals surface area contributed by atoms with Gasteiger partial charge in [-0.2, -0.15) is 0 Å². The van der Waals surface area contributed by atoms with E-state index in [-0.39, 0.29) is 16.9 Å². The lowest BCUT2D eigenvalue weighted by Gasteiger charge is -2.21. The molecule has 0 aliphatic rings. The lowest BCUT2D eigenvalue weighted by atomic mass is 10.1. The third-order valence-corrected chi connectivity index (χ3v) is 5.81. The van der Waals surface area contributed by atoms with Gasteiger partial charge < -0.3 is 15.0 Å². The monoisotopic (exact) mass is 503 g/mol. The number of nitrogens with one attached hydrogen (secondary N) is 2. The largest absolute Gasteiger partial charge is 0.493 e. The summed E-state index contributed by atoms with van der Waals surface area (Å²) in [5, 5.41) is 5.86. The molecule has 0 spiro atoms. The maximum absolute atomic E-state index is 13.1. The summed E-state index contributed by atoms with van der Waals surface area (Å²) in [5.74, 6) is 0.0555. The SMILES string of the molecule is CCCCCCOc1ccccc1C(=O)NC(=S)Nc1cccc(C(=O)N(CC)c2ccccc2)c1. The lowest BCUT2D eigenvalue weighted by Crippen LogP contribution is -2.34. The number of amides is 2. The Labute approximate surface area is 218 Å². The normalized spacial score (nSPS) is 10.4. The van der Waals surface area contributed by atoms with Gasteiger partial charge in [0.1, 0.15) is 5.75 Å². The van der Waals surface area contributed by atoms with Crippen molar-refractivity contribution in [3.63, 3.8) is 0 Å². The maximum atomic E-state index is 13.1. The van der Waals surface area contributed by atoms with Crippen LogP contribution >= 0.6 is 12.2 Å². The Morgan fingerprint density at radius 1 is 0.889 bits per heavy atom. The first-order valence-electron chi connectivity index (χ1n) is 12.3. The lowest BCUT2D eigenvalue weighted by molar-refractivity contribution is 0.0969. The second-order valence-electron chi connectivity index (χ2n) is 8.28. The van der Waals surface area contributed by atoms with E-state index in [1.54, 1.807) is 47.4 Å². The van der Waals surface area contributed by atoms with Gasteiger partial charge in [-0.3, -0.25) is 14.9 Å². The minimum absolute atomic E-state index is 0.118. The molecule has 0 atom stereocenters. The van der Waals surface area contributed by atoms with Crippen LogP contribution in [0.2, 0.25) is 0 Å². The highest BCUT2D eigenvalue weighted by Crippen LogP contribution is 2.20. The molecule has 0 bridgehead atoms. The van der Waals surface area contributed by atoms with Gasteiger partial charge >= 0.3 is 0 Å². The van der Waals surface area contributed by atoms with Gasteiger partial charge in [0.05, 0.1) is 12.2 Å². The highest BCUT2D eigenvalue weighted by molar-refractivity contribution is 7.80. The molecular formula is C29H33N3O3S. The quantitative estimate of drug-likeness (QED) is 0.233. The van der Waals surface area contributed by atoms with Crippen molar-refractivity contribution in [2.45, 2.75) is 39.5 Å². The highest BCUT2D eigenvalue weighted by Gasteiger charge is 2.17. The molecule has 7 heteroatoms. The first-order valence-corrected chi connectivity index (χ1v) is 12.8. The van der Waals surface area contributed by atoms with Crippen molar-refractivity contribution in [3.05, 3.63) is 90.0 Å².